The Bertz CT molecular complexity index is 1140. The molecule has 3 aliphatic rings. The lowest BCUT2D eigenvalue weighted by atomic mass is 9.72. The maximum Gasteiger partial charge on any atom is 0.237 e. The highest BCUT2D eigenvalue weighted by molar-refractivity contribution is 7.93. The molecule has 1 aliphatic carbocycles. The molecule has 2 unspecified atom stereocenters. The van der Waals surface area contributed by atoms with Crippen LogP contribution in [0.25, 0.3) is 0 Å². The van der Waals surface area contributed by atoms with Crippen molar-refractivity contribution >= 4 is 21.7 Å². The minimum Gasteiger partial charge on any atom is -0.390 e. The normalized spacial score (nSPS) is 30.2. The Labute approximate surface area is 240 Å². The van der Waals surface area contributed by atoms with Crippen LogP contribution in [0.4, 0.5) is 0 Å². The van der Waals surface area contributed by atoms with Crippen molar-refractivity contribution in [2.45, 2.75) is 114 Å². The van der Waals surface area contributed by atoms with Gasteiger partial charge < -0.3 is 15.7 Å². The highest BCUT2D eigenvalue weighted by Crippen LogP contribution is 2.39. The van der Waals surface area contributed by atoms with E-state index in [-0.39, 0.29) is 42.1 Å². The van der Waals surface area contributed by atoms with E-state index >= 15 is 0 Å². The maximum atomic E-state index is 13.4. The molecule has 8 nitrogen and oxygen atoms in total. The average molecular weight is 576 g/mol. The van der Waals surface area contributed by atoms with Crippen LogP contribution in [0.5, 0.6) is 0 Å². The Morgan fingerprint density at radius 2 is 1.77 bits per heavy atom. The van der Waals surface area contributed by atoms with Crippen molar-refractivity contribution in [3.05, 3.63) is 35.9 Å². The minimum atomic E-state index is -3.34. The van der Waals surface area contributed by atoms with Gasteiger partial charge in [0.15, 0.2) is 9.84 Å². The Balaban J connectivity index is 1.52. The van der Waals surface area contributed by atoms with Crippen LogP contribution in [0.3, 0.4) is 0 Å². The van der Waals surface area contributed by atoms with Crippen LogP contribution in [0, 0.1) is 11.8 Å². The molecule has 4 rings (SSSR count). The van der Waals surface area contributed by atoms with Gasteiger partial charge in [-0.3, -0.25) is 14.5 Å². The number of amides is 2. The molecule has 0 aromatic heterocycles. The number of carbonyl (C=O) groups is 2. The van der Waals surface area contributed by atoms with Crippen molar-refractivity contribution in [3.63, 3.8) is 0 Å². The first kappa shape index (κ1) is 31.0. The van der Waals surface area contributed by atoms with Gasteiger partial charge in [0, 0.05) is 25.0 Å². The van der Waals surface area contributed by atoms with Crippen molar-refractivity contribution in [1.82, 2.24) is 15.5 Å². The van der Waals surface area contributed by atoms with Crippen LogP contribution in [-0.4, -0.2) is 77.6 Å². The highest BCUT2D eigenvalue weighted by Gasteiger charge is 2.46. The van der Waals surface area contributed by atoms with E-state index in [1.165, 1.54) is 12.8 Å². The summed E-state index contributed by atoms with van der Waals surface area (Å²) in [6.45, 7) is 8.61. The Kier molecular flexibility index (Phi) is 9.67. The van der Waals surface area contributed by atoms with E-state index in [2.05, 4.69) is 15.5 Å². The summed E-state index contributed by atoms with van der Waals surface area (Å²) in [6.07, 6.45) is 5.88. The minimum absolute atomic E-state index is 0.00765. The van der Waals surface area contributed by atoms with Gasteiger partial charge in [0.25, 0.3) is 0 Å². The molecule has 2 amide bonds. The summed E-state index contributed by atoms with van der Waals surface area (Å²) in [5, 5.41) is 17.8. The summed E-state index contributed by atoms with van der Waals surface area (Å²) in [6, 6.07) is 8.75. The number of hydrogen-bond donors (Lipinski definition) is 3. The number of fused-ring (bicyclic) bond motifs is 1. The summed E-state index contributed by atoms with van der Waals surface area (Å²) in [7, 11) is -3.34. The molecule has 2 saturated heterocycles. The number of sulfone groups is 1. The van der Waals surface area contributed by atoms with Crippen molar-refractivity contribution in [3.8, 4) is 0 Å². The van der Waals surface area contributed by atoms with Crippen LogP contribution >= 0.6 is 0 Å². The number of β-amino-alcohol motifs (C(OH)–C–C–N with tert-alkyl or cyclic N) is 1. The van der Waals surface area contributed by atoms with E-state index in [1.807, 2.05) is 51.1 Å². The predicted molar refractivity (Wildman–Crippen MR) is 157 cm³/mol. The standard InChI is InChI=1S/C31H49N3O5S/c1-30(2,3)33-29(37)26-18-23-13-8-9-14-24(23)20-34(26)21-27(35)25(17-22-11-6-5-7-12-22)32-28(36)19-31(4)15-10-16-40(31,38)39/h5-7,11-12,23-27,35H,8-10,13-21H2,1-4H3,(H,32,36)(H,33,37)/t23-,24?,25-,26-,27+,31?/m0/s1. The van der Waals surface area contributed by atoms with E-state index in [9.17, 15) is 23.1 Å². The SMILES string of the molecule is CC(C)(C)NC(=O)[C@@H]1C[C@@H]2CCCCC2CN1C[C@@H](O)[C@H](Cc1ccccc1)NC(=O)CC1(C)CCCS1(=O)=O. The van der Waals surface area contributed by atoms with Gasteiger partial charge in [-0.25, -0.2) is 8.42 Å². The van der Waals surface area contributed by atoms with Gasteiger partial charge in [0.05, 0.1) is 28.7 Å². The number of nitrogens with zero attached hydrogens (tertiary/aromatic N) is 1. The summed E-state index contributed by atoms with van der Waals surface area (Å²) < 4.78 is 24.2. The zero-order chi connectivity index (χ0) is 29.1. The molecule has 1 saturated carbocycles. The molecule has 224 valence electrons. The number of aliphatic hydroxyl groups is 1. The molecule has 9 heteroatoms. The zero-order valence-electron chi connectivity index (χ0n) is 24.7. The molecule has 0 radical (unpaired) electrons. The largest absolute Gasteiger partial charge is 0.390 e. The van der Waals surface area contributed by atoms with Crippen LogP contribution in [0.2, 0.25) is 0 Å². The smallest absolute Gasteiger partial charge is 0.237 e. The summed E-state index contributed by atoms with van der Waals surface area (Å²) >= 11 is 0. The van der Waals surface area contributed by atoms with Gasteiger partial charge in [-0.15, -0.1) is 0 Å². The van der Waals surface area contributed by atoms with Crippen molar-refractivity contribution in [2.75, 3.05) is 18.8 Å². The first-order valence-electron chi connectivity index (χ1n) is 15.1. The summed E-state index contributed by atoms with van der Waals surface area (Å²) in [5.41, 5.74) is 0.616. The molecule has 6 atom stereocenters. The molecular formula is C31H49N3O5S. The van der Waals surface area contributed by atoms with E-state index in [4.69, 9.17) is 0 Å². The van der Waals surface area contributed by atoms with Gasteiger partial charge in [-0.05, 0) is 77.2 Å². The van der Waals surface area contributed by atoms with E-state index in [1.54, 1.807) is 6.92 Å². The number of piperidine rings is 1. The molecule has 3 fully saturated rings. The third-order valence-corrected chi connectivity index (χ3v) is 11.9. The molecule has 0 spiro atoms. The predicted octanol–water partition coefficient (Wildman–Crippen LogP) is 3.23. The monoisotopic (exact) mass is 575 g/mol. The fraction of sp³-hybridized carbons (Fsp3) is 0.742. The fourth-order valence-corrected chi connectivity index (χ4v) is 8.80. The van der Waals surface area contributed by atoms with E-state index < -0.39 is 26.7 Å². The van der Waals surface area contributed by atoms with Crippen LogP contribution in [-0.2, 0) is 25.8 Å². The average Bonchev–Trinajstić information content (AvgIpc) is 3.13. The Hall–Kier alpha value is -1.97. The number of aliphatic hydroxyl groups excluding tert-OH is 1. The first-order valence-corrected chi connectivity index (χ1v) is 16.7. The third-order valence-electron chi connectivity index (χ3n) is 9.24. The maximum absolute atomic E-state index is 13.4. The molecule has 40 heavy (non-hydrogen) atoms. The first-order chi connectivity index (χ1) is 18.8. The van der Waals surface area contributed by atoms with Gasteiger partial charge in [-0.1, -0.05) is 49.6 Å². The Morgan fingerprint density at radius 1 is 1.10 bits per heavy atom. The Morgan fingerprint density at radius 3 is 2.40 bits per heavy atom. The molecular weight excluding hydrogens is 526 g/mol. The fourth-order valence-electron chi connectivity index (χ4n) is 6.98. The van der Waals surface area contributed by atoms with Crippen LogP contribution in [0.15, 0.2) is 30.3 Å². The van der Waals surface area contributed by atoms with Crippen molar-refractivity contribution in [1.29, 1.82) is 0 Å². The molecule has 2 aliphatic heterocycles. The number of benzene rings is 1. The summed E-state index contributed by atoms with van der Waals surface area (Å²) in [5.74, 6) is 0.774. The zero-order valence-corrected chi connectivity index (χ0v) is 25.5. The second-order valence-electron chi connectivity index (χ2n) is 13.7. The third kappa shape index (κ3) is 7.65. The van der Waals surface area contributed by atoms with Gasteiger partial charge in [0.2, 0.25) is 11.8 Å². The van der Waals surface area contributed by atoms with E-state index in [0.717, 1.165) is 31.4 Å². The quantitative estimate of drug-likeness (QED) is 0.417. The van der Waals surface area contributed by atoms with Crippen LogP contribution < -0.4 is 10.6 Å². The lowest BCUT2D eigenvalue weighted by Gasteiger charge is -2.47. The number of likely N-dealkylation sites (tertiary alicyclic amines) is 1. The summed E-state index contributed by atoms with van der Waals surface area (Å²) in [4.78, 5) is 28.8. The molecule has 0 bridgehead atoms. The molecule has 2 heterocycles. The second kappa shape index (κ2) is 12.5. The lowest BCUT2D eigenvalue weighted by Crippen LogP contribution is -2.60. The highest BCUT2D eigenvalue weighted by atomic mass is 32.2. The topological polar surface area (TPSA) is 116 Å². The number of nitrogens with one attached hydrogen (secondary N) is 2. The van der Waals surface area contributed by atoms with Crippen molar-refractivity contribution < 1.29 is 23.1 Å². The van der Waals surface area contributed by atoms with Crippen molar-refractivity contribution in [2.24, 2.45) is 11.8 Å². The van der Waals surface area contributed by atoms with E-state index in [0.29, 0.717) is 31.1 Å². The number of carbonyl (C=O) groups excluding carboxylic acids is 2. The molecule has 1 aromatic rings. The number of rotatable bonds is 9. The van der Waals surface area contributed by atoms with Crippen LogP contribution in [0.1, 0.15) is 84.6 Å². The molecule has 1 aromatic carbocycles. The van der Waals surface area contributed by atoms with Gasteiger partial charge in [0.1, 0.15) is 0 Å². The number of hydrogen-bond acceptors (Lipinski definition) is 6. The van der Waals surface area contributed by atoms with Gasteiger partial charge in [-0.2, -0.15) is 0 Å². The molecule has 3 N–H and O–H groups in total. The lowest BCUT2D eigenvalue weighted by molar-refractivity contribution is -0.133. The van der Waals surface area contributed by atoms with Gasteiger partial charge >= 0.3 is 0 Å². The second-order valence-corrected chi connectivity index (χ2v) is 16.4.